The molecule has 0 saturated heterocycles. The number of rotatable bonds is 6. The molecule has 0 unspecified atom stereocenters. The van der Waals surface area contributed by atoms with Crippen LogP contribution < -0.4 is 15.2 Å². The molecule has 0 amide bonds. The third-order valence-corrected chi connectivity index (χ3v) is 5.62. The van der Waals surface area contributed by atoms with Gasteiger partial charge in [0.25, 0.3) is 5.89 Å². The highest BCUT2D eigenvalue weighted by molar-refractivity contribution is 5.74. The molecule has 0 fully saturated rings. The van der Waals surface area contributed by atoms with E-state index in [1.807, 2.05) is 62.4 Å². The molecule has 0 spiro atoms. The van der Waals surface area contributed by atoms with Gasteiger partial charge in [-0.3, -0.25) is 4.52 Å². The van der Waals surface area contributed by atoms with Gasteiger partial charge in [0.05, 0.1) is 25.5 Å². The highest BCUT2D eigenvalue weighted by Crippen LogP contribution is 2.38. The van der Waals surface area contributed by atoms with Crippen molar-refractivity contribution in [2.24, 2.45) is 0 Å². The smallest absolute Gasteiger partial charge is 0.446 e. The molecule has 2 heterocycles. The molecule has 9 nitrogen and oxygen atoms in total. The van der Waals surface area contributed by atoms with E-state index in [4.69, 9.17) is 18.5 Å². The molecule has 0 bridgehead atoms. The predicted octanol–water partition coefficient (Wildman–Crippen LogP) is 4.84. The minimum Gasteiger partial charge on any atom is -0.493 e. The lowest BCUT2D eigenvalue weighted by molar-refractivity contribution is 0.354. The van der Waals surface area contributed by atoms with Crippen molar-refractivity contribution in [2.75, 3.05) is 14.2 Å². The van der Waals surface area contributed by atoms with Gasteiger partial charge in [-0.15, -0.1) is 0 Å². The molecule has 2 aromatic heterocycles. The lowest BCUT2D eigenvalue weighted by atomic mass is 10.1. The fourth-order valence-corrected chi connectivity index (χ4v) is 3.72. The van der Waals surface area contributed by atoms with E-state index < -0.39 is 5.76 Å². The van der Waals surface area contributed by atoms with Crippen LogP contribution in [0.25, 0.3) is 39.9 Å². The summed E-state index contributed by atoms with van der Waals surface area (Å²) in [6.45, 7) is 3.98. The first-order valence-corrected chi connectivity index (χ1v) is 10.8. The van der Waals surface area contributed by atoms with E-state index in [1.165, 1.54) is 18.8 Å². The number of aromatic nitrogens is 4. The Bertz CT molecular complexity index is 1550. The van der Waals surface area contributed by atoms with Crippen LogP contribution in [0.5, 0.6) is 11.5 Å². The fourth-order valence-electron chi connectivity index (χ4n) is 3.72. The number of methoxy groups -OCH3 is 2. The second kappa shape index (κ2) is 8.94. The summed E-state index contributed by atoms with van der Waals surface area (Å²) in [7, 11) is 3.04. The van der Waals surface area contributed by atoms with Crippen LogP contribution in [0.2, 0.25) is 0 Å². The molecule has 0 aliphatic rings. The number of nitrogens with zero attached hydrogens (tertiary/aromatic N) is 4. The van der Waals surface area contributed by atoms with Crippen molar-refractivity contribution in [2.45, 2.75) is 13.8 Å². The molecule has 0 radical (unpaired) electrons. The molecule has 5 aromatic rings. The number of hydrogen-bond acceptors (Lipinski definition) is 8. The monoisotopic (exact) mass is 470 g/mol. The summed E-state index contributed by atoms with van der Waals surface area (Å²) >= 11 is 0. The fraction of sp³-hybridized carbons (Fsp3) is 0.154. The largest absolute Gasteiger partial charge is 0.493 e. The zero-order valence-corrected chi connectivity index (χ0v) is 19.6. The van der Waals surface area contributed by atoms with Crippen LogP contribution in [-0.4, -0.2) is 34.1 Å². The van der Waals surface area contributed by atoms with E-state index in [0.717, 1.165) is 16.7 Å². The molecule has 0 atom stereocenters. The highest BCUT2D eigenvalue weighted by atomic mass is 16.5. The van der Waals surface area contributed by atoms with Crippen LogP contribution in [0.15, 0.2) is 74.5 Å². The second-order valence-electron chi connectivity index (χ2n) is 7.99. The summed E-state index contributed by atoms with van der Waals surface area (Å²) in [5.41, 5.74) is 4.54. The maximum atomic E-state index is 12.9. The molecule has 0 saturated carbocycles. The Balaban J connectivity index is 1.72. The van der Waals surface area contributed by atoms with Crippen LogP contribution in [0, 0.1) is 13.8 Å². The number of ether oxygens (including phenoxy) is 2. The van der Waals surface area contributed by atoms with Gasteiger partial charge in [-0.1, -0.05) is 70.0 Å². The van der Waals surface area contributed by atoms with Gasteiger partial charge in [-0.2, -0.15) is 4.98 Å². The second-order valence-corrected chi connectivity index (χ2v) is 7.99. The van der Waals surface area contributed by atoms with Gasteiger partial charge in [0.2, 0.25) is 5.82 Å². The quantitative estimate of drug-likeness (QED) is 0.347. The Morgan fingerprint density at radius 2 is 1.37 bits per heavy atom. The zero-order valence-electron chi connectivity index (χ0n) is 19.6. The Morgan fingerprint density at radius 3 is 2.00 bits per heavy atom. The molecule has 0 N–H and O–H groups in total. The van der Waals surface area contributed by atoms with Crippen molar-refractivity contribution in [3.63, 3.8) is 0 Å². The molecule has 0 aliphatic carbocycles. The van der Waals surface area contributed by atoms with Crippen molar-refractivity contribution < 1.29 is 18.5 Å². The normalized spacial score (nSPS) is 11.0. The number of hydrogen-bond donors (Lipinski definition) is 0. The van der Waals surface area contributed by atoms with Gasteiger partial charge in [-0.05, 0) is 19.9 Å². The van der Waals surface area contributed by atoms with Crippen LogP contribution in [-0.2, 0) is 0 Å². The first-order chi connectivity index (χ1) is 17.0. The minimum absolute atomic E-state index is 0.194. The number of benzene rings is 3. The van der Waals surface area contributed by atoms with Crippen LogP contribution in [0.1, 0.15) is 11.1 Å². The van der Waals surface area contributed by atoms with Gasteiger partial charge in [0.15, 0.2) is 17.3 Å². The van der Waals surface area contributed by atoms with E-state index >= 15 is 0 Å². The molecule has 35 heavy (non-hydrogen) atoms. The zero-order chi connectivity index (χ0) is 24.5. The maximum Gasteiger partial charge on any atom is 0.446 e. The van der Waals surface area contributed by atoms with Crippen molar-refractivity contribution in [3.05, 3.63) is 82.3 Å². The van der Waals surface area contributed by atoms with Crippen LogP contribution in [0.4, 0.5) is 0 Å². The average molecular weight is 470 g/mol. The van der Waals surface area contributed by atoms with Gasteiger partial charge < -0.3 is 14.0 Å². The van der Waals surface area contributed by atoms with Crippen LogP contribution >= 0.6 is 0 Å². The lowest BCUT2D eigenvalue weighted by Crippen LogP contribution is -2.15. The summed E-state index contributed by atoms with van der Waals surface area (Å²) in [4.78, 5) is 17.5. The molecule has 0 aliphatic heterocycles. The Labute approximate surface area is 200 Å². The maximum absolute atomic E-state index is 12.9. The number of aryl methyl sites for hydroxylation is 2. The summed E-state index contributed by atoms with van der Waals surface area (Å²) < 4.78 is 23.0. The van der Waals surface area contributed by atoms with E-state index in [9.17, 15) is 4.79 Å². The molecule has 176 valence electrons. The molecular formula is C26H22N4O5. The van der Waals surface area contributed by atoms with E-state index in [0.29, 0.717) is 40.0 Å². The minimum atomic E-state index is -0.674. The lowest BCUT2D eigenvalue weighted by Gasteiger charge is -2.14. The summed E-state index contributed by atoms with van der Waals surface area (Å²) in [5.74, 6) is 1.10. The van der Waals surface area contributed by atoms with E-state index in [-0.39, 0.29) is 5.89 Å². The standard InChI is InChI=1S/C26H22N4O5/c1-15-5-9-17(10-6-15)23-27-25(34-28-23)19-13-21(32-3)22(33-4)14-20(19)30-24(29-35-26(30)31)18-11-7-16(2)8-12-18/h5-14H,1-4H3. The summed E-state index contributed by atoms with van der Waals surface area (Å²) in [6.07, 6.45) is 0. The Hall–Kier alpha value is -4.66. The highest BCUT2D eigenvalue weighted by Gasteiger charge is 2.24. The summed E-state index contributed by atoms with van der Waals surface area (Å²) in [6, 6.07) is 18.7. The van der Waals surface area contributed by atoms with Gasteiger partial charge in [0.1, 0.15) is 0 Å². The van der Waals surface area contributed by atoms with E-state index in [1.54, 1.807) is 12.1 Å². The molecule has 5 rings (SSSR count). The van der Waals surface area contributed by atoms with Crippen molar-refractivity contribution >= 4 is 0 Å². The third kappa shape index (κ3) is 4.08. The van der Waals surface area contributed by atoms with Crippen LogP contribution in [0.3, 0.4) is 0 Å². The predicted molar refractivity (Wildman–Crippen MR) is 129 cm³/mol. The average Bonchev–Trinajstić information content (AvgIpc) is 3.51. The van der Waals surface area contributed by atoms with Crippen molar-refractivity contribution in [1.29, 1.82) is 0 Å². The first kappa shape index (κ1) is 22.1. The van der Waals surface area contributed by atoms with E-state index in [2.05, 4.69) is 15.3 Å². The summed E-state index contributed by atoms with van der Waals surface area (Å²) in [5, 5.41) is 8.16. The molecule has 3 aromatic carbocycles. The SMILES string of the molecule is COc1cc(-c2nc(-c3ccc(C)cc3)no2)c(-n2c(-c3ccc(C)cc3)noc2=O)cc1OC. The topological polar surface area (TPSA) is 105 Å². The molecular weight excluding hydrogens is 448 g/mol. The van der Waals surface area contributed by atoms with Gasteiger partial charge in [0, 0.05) is 17.2 Å². The Morgan fingerprint density at radius 1 is 0.771 bits per heavy atom. The third-order valence-electron chi connectivity index (χ3n) is 5.62. The van der Waals surface area contributed by atoms with Gasteiger partial charge in [-0.25, -0.2) is 9.36 Å². The first-order valence-electron chi connectivity index (χ1n) is 10.8. The Kier molecular flexibility index (Phi) is 5.66. The van der Waals surface area contributed by atoms with Gasteiger partial charge >= 0.3 is 5.76 Å². The van der Waals surface area contributed by atoms with Crippen molar-refractivity contribution in [3.8, 4) is 51.4 Å². The molecule has 9 heteroatoms. The van der Waals surface area contributed by atoms with Crippen molar-refractivity contribution in [1.82, 2.24) is 19.9 Å².